The van der Waals surface area contributed by atoms with Crippen LogP contribution in [0.25, 0.3) is 0 Å². The first-order valence-corrected chi connectivity index (χ1v) is 7.34. The van der Waals surface area contributed by atoms with Crippen molar-refractivity contribution in [2.45, 2.75) is 31.1 Å². The van der Waals surface area contributed by atoms with E-state index >= 15 is 0 Å². The van der Waals surface area contributed by atoms with Crippen molar-refractivity contribution in [2.75, 3.05) is 12.8 Å². The zero-order valence-corrected chi connectivity index (χ0v) is 10.7. The van der Waals surface area contributed by atoms with E-state index in [1.165, 1.54) is 11.8 Å². The van der Waals surface area contributed by atoms with Crippen LogP contribution < -0.4 is 5.73 Å². The van der Waals surface area contributed by atoms with Crippen LogP contribution in [0.4, 0.5) is 0 Å². The van der Waals surface area contributed by atoms with Crippen LogP contribution in [0.2, 0.25) is 0 Å². The number of rotatable bonds is 5. The van der Waals surface area contributed by atoms with Crippen molar-refractivity contribution in [3.63, 3.8) is 0 Å². The molecule has 2 N–H and O–H groups in total. The monoisotopic (exact) mass is 241 g/mol. The van der Waals surface area contributed by atoms with E-state index in [9.17, 15) is 8.42 Å². The number of unbranched alkanes of at least 4 members (excludes halogenated alkanes) is 1. The Morgan fingerprint density at radius 3 is 2.44 bits per heavy atom. The van der Waals surface area contributed by atoms with Gasteiger partial charge in [-0.1, -0.05) is 12.1 Å². The molecule has 0 atom stereocenters. The van der Waals surface area contributed by atoms with Crippen molar-refractivity contribution in [3.05, 3.63) is 29.3 Å². The predicted octanol–water partition coefficient (Wildman–Crippen LogP) is 1.68. The molecule has 0 aliphatic rings. The van der Waals surface area contributed by atoms with E-state index in [-0.39, 0.29) is 0 Å². The third-order valence-corrected chi connectivity index (χ3v) is 3.82. The fourth-order valence-electron chi connectivity index (χ4n) is 1.76. The van der Waals surface area contributed by atoms with Crippen molar-refractivity contribution >= 4 is 9.84 Å². The number of benzene rings is 1. The van der Waals surface area contributed by atoms with Gasteiger partial charge in [0.25, 0.3) is 0 Å². The minimum Gasteiger partial charge on any atom is -0.330 e. The molecule has 3 nitrogen and oxygen atoms in total. The van der Waals surface area contributed by atoms with E-state index in [0.29, 0.717) is 11.4 Å². The minimum atomic E-state index is -3.10. The molecule has 0 aromatic heterocycles. The number of hydrogen-bond acceptors (Lipinski definition) is 3. The van der Waals surface area contributed by atoms with Crippen LogP contribution in [0, 0.1) is 6.92 Å². The third-order valence-electron chi connectivity index (χ3n) is 2.56. The summed E-state index contributed by atoms with van der Waals surface area (Å²) in [6.45, 7) is 2.54. The second-order valence-corrected chi connectivity index (χ2v) is 6.10. The Kier molecular flexibility index (Phi) is 4.50. The fourth-order valence-corrected chi connectivity index (χ4v) is 2.72. The smallest absolute Gasteiger partial charge is 0.175 e. The Hall–Kier alpha value is -0.870. The lowest BCUT2D eigenvalue weighted by molar-refractivity contribution is 0.601. The first kappa shape index (κ1) is 13.2. The minimum absolute atomic E-state index is 0.426. The molecule has 0 fully saturated rings. The van der Waals surface area contributed by atoms with Gasteiger partial charge in [0.05, 0.1) is 4.90 Å². The highest BCUT2D eigenvalue weighted by atomic mass is 32.2. The summed E-state index contributed by atoms with van der Waals surface area (Å²) in [5.41, 5.74) is 7.43. The van der Waals surface area contributed by atoms with Gasteiger partial charge in [0.2, 0.25) is 0 Å². The Morgan fingerprint density at radius 1 is 1.25 bits per heavy atom. The first-order valence-electron chi connectivity index (χ1n) is 5.45. The van der Waals surface area contributed by atoms with Crippen molar-refractivity contribution in [1.82, 2.24) is 0 Å². The van der Waals surface area contributed by atoms with Gasteiger partial charge in [-0.15, -0.1) is 0 Å². The van der Waals surface area contributed by atoms with E-state index in [0.717, 1.165) is 24.8 Å². The topological polar surface area (TPSA) is 60.2 Å². The number of hydrogen-bond donors (Lipinski definition) is 1. The second-order valence-electron chi connectivity index (χ2n) is 4.12. The molecule has 0 saturated carbocycles. The molecule has 1 aromatic carbocycles. The third kappa shape index (κ3) is 3.61. The molecular weight excluding hydrogens is 222 g/mol. The second kappa shape index (κ2) is 5.46. The summed E-state index contributed by atoms with van der Waals surface area (Å²) in [7, 11) is -3.10. The fraction of sp³-hybridized carbons (Fsp3) is 0.500. The van der Waals surface area contributed by atoms with Gasteiger partial charge in [-0.3, -0.25) is 0 Å². The Bertz CT molecular complexity index is 452. The van der Waals surface area contributed by atoms with Crippen LogP contribution in [0.5, 0.6) is 0 Å². The first-order chi connectivity index (χ1) is 7.45. The summed E-state index contributed by atoms with van der Waals surface area (Å²) in [5.74, 6) is 0. The molecule has 0 spiro atoms. The largest absolute Gasteiger partial charge is 0.330 e. The van der Waals surface area contributed by atoms with Gasteiger partial charge in [-0.05, 0) is 49.9 Å². The summed E-state index contributed by atoms with van der Waals surface area (Å²) in [6, 6.07) is 5.54. The zero-order valence-electron chi connectivity index (χ0n) is 9.86. The molecular formula is C12H19NO2S. The summed E-state index contributed by atoms with van der Waals surface area (Å²) in [6.07, 6.45) is 4.26. The van der Waals surface area contributed by atoms with Gasteiger partial charge < -0.3 is 5.73 Å². The quantitative estimate of drug-likeness (QED) is 0.798. The maximum atomic E-state index is 11.4. The molecule has 1 rings (SSSR count). The van der Waals surface area contributed by atoms with Crippen LogP contribution in [0.3, 0.4) is 0 Å². The van der Waals surface area contributed by atoms with Crippen molar-refractivity contribution < 1.29 is 8.42 Å². The molecule has 4 heteroatoms. The van der Waals surface area contributed by atoms with Crippen molar-refractivity contribution in [3.8, 4) is 0 Å². The molecule has 90 valence electrons. The lowest BCUT2D eigenvalue weighted by Crippen LogP contribution is -2.02. The molecule has 0 amide bonds. The molecule has 0 radical (unpaired) electrons. The maximum absolute atomic E-state index is 11.4. The van der Waals surface area contributed by atoms with Gasteiger partial charge in [0.1, 0.15) is 0 Å². The van der Waals surface area contributed by atoms with Gasteiger partial charge in [0, 0.05) is 6.26 Å². The maximum Gasteiger partial charge on any atom is 0.175 e. The Labute approximate surface area is 97.6 Å². The van der Waals surface area contributed by atoms with Crippen LogP contribution in [0.15, 0.2) is 23.1 Å². The summed E-state index contributed by atoms with van der Waals surface area (Å²) in [5, 5.41) is 0. The average Bonchev–Trinajstić information content (AvgIpc) is 2.16. The van der Waals surface area contributed by atoms with E-state index < -0.39 is 9.84 Å². The van der Waals surface area contributed by atoms with E-state index in [4.69, 9.17) is 5.73 Å². The Morgan fingerprint density at radius 2 is 1.94 bits per heavy atom. The lowest BCUT2D eigenvalue weighted by atomic mass is 10.1. The SMILES string of the molecule is Cc1cc(CCCCN)ccc1S(C)(=O)=O. The molecule has 0 aliphatic carbocycles. The number of aryl methyl sites for hydroxylation is 2. The van der Waals surface area contributed by atoms with Gasteiger partial charge in [0.15, 0.2) is 9.84 Å². The molecule has 0 heterocycles. The van der Waals surface area contributed by atoms with Crippen LogP contribution in [-0.4, -0.2) is 21.2 Å². The summed E-state index contributed by atoms with van der Waals surface area (Å²) in [4.78, 5) is 0.426. The lowest BCUT2D eigenvalue weighted by Gasteiger charge is -2.06. The molecule has 0 unspecified atom stereocenters. The van der Waals surface area contributed by atoms with E-state index in [1.54, 1.807) is 6.07 Å². The predicted molar refractivity (Wildman–Crippen MR) is 66.3 cm³/mol. The van der Waals surface area contributed by atoms with Crippen molar-refractivity contribution in [1.29, 1.82) is 0 Å². The molecule has 16 heavy (non-hydrogen) atoms. The Balaban J connectivity index is 2.83. The molecule has 0 saturated heterocycles. The highest BCUT2D eigenvalue weighted by Crippen LogP contribution is 2.17. The van der Waals surface area contributed by atoms with Crippen molar-refractivity contribution in [2.24, 2.45) is 5.73 Å². The summed E-state index contributed by atoms with van der Waals surface area (Å²) >= 11 is 0. The number of nitrogens with two attached hydrogens (primary N) is 1. The van der Waals surface area contributed by atoms with Gasteiger partial charge >= 0.3 is 0 Å². The number of sulfone groups is 1. The van der Waals surface area contributed by atoms with E-state index in [2.05, 4.69) is 0 Å². The van der Waals surface area contributed by atoms with Gasteiger partial charge in [-0.2, -0.15) is 0 Å². The summed E-state index contributed by atoms with van der Waals surface area (Å²) < 4.78 is 22.8. The molecule has 1 aromatic rings. The highest BCUT2D eigenvalue weighted by molar-refractivity contribution is 7.90. The average molecular weight is 241 g/mol. The van der Waals surface area contributed by atoms with E-state index in [1.807, 2.05) is 19.1 Å². The molecule has 0 aliphatic heterocycles. The van der Waals surface area contributed by atoms with Gasteiger partial charge in [-0.25, -0.2) is 8.42 Å². The zero-order chi connectivity index (χ0) is 12.2. The van der Waals surface area contributed by atoms with Crippen LogP contribution in [-0.2, 0) is 16.3 Å². The standard InChI is InChI=1S/C12H19NO2S/c1-10-9-11(5-3-4-8-13)6-7-12(10)16(2,14)15/h6-7,9H,3-5,8,13H2,1-2H3. The molecule has 0 bridgehead atoms. The van der Waals surface area contributed by atoms with Crippen LogP contribution in [0.1, 0.15) is 24.0 Å². The highest BCUT2D eigenvalue weighted by Gasteiger charge is 2.10. The van der Waals surface area contributed by atoms with Crippen LogP contribution >= 0.6 is 0 Å². The normalized spacial score (nSPS) is 11.7.